The van der Waals surface area contributed by atoms with E-state index < -0.39 is 5.97 Å². The number of ether oxygens (including phenoxy) is 1. The van der Waals surface area contributed by atoms with Crippen LogP contribution < -0.4 is 11.3 Å². The van der Waals surface area contributed by atoms with E-state index in [1.165, 1.54) is 7.11 Å². The first-order valence-electron chi connectivity index (χ1n) is 5.70. The second kappa shape index (κ2) is 4.25. The predicted octanol–water partition coefficient (Wildman–Crippen LogP) is 1.56. The maximum absolute atomic E-state index is 11.5. The van der Waals surface area contributed by atoms with E-state index in [0.29, 0.717) is 16.9 Å². The first-order chi connectivity index (χ1) is 9.24. The van der Waals surface area contributed by atoms with Crippen LogP contribution in [0.2, 0.25) is 0 Å². The van der Waals surface area contributed by atoms with Crippen molar-refractivity contribution in [3.05, 3.63) is 42.1 Å². The Bertz CT molecular complexity index is 779. The van der Waals surface area contributed by atoms with Gasteiger partial charge in [-0.3, -0.25) is 0 Å². The molecular formula is C13H12N4O2. The number of esters is 1. The number of methoxy groups -OCH3 is 1. The molecule has 0 saturated carbocycles. The van der Waals surface area contributed by atoms with Gasteiger partial charge in [0.05, 0.1) is 29.2 Å². The lowest BCUT2D eigenvalue weighted by atomic mass is 10.2. The molecule has 0 unspecified atom stereocenters. The molecule has 96 valence electrons. The normalized spacial score (nSPS) is 10.8. The van der Waals surface area contributed by atoms with Crippen LogP contribution in [0, 0.1) is 0 Å². The number of hydrogen-bond acceptors (Lipinski definition) is 5. The minimum atomic E-state index is -0.390. The zero-order valence-corrected chi connectivity index (χ0v) is 10.3. The molecule has 0 saturated heterocycles. The summed E-state index contributed by atoms with van der Waals surface area (Å²) < 4.78 is 6.66. The van der Waals surface area contributed by atoms with E-state index >= 15 is 0 Å². The van der Waals surface area contributed by atoms with Gasteiger partial charge in [0.2, 0.25) is 0 Å². The number of carbonyl (C=O) groups excluding carboxylic acids is 1. The van der Waals surface area contributed by atoms with Gasteiger partial charge in [-0.15, -0.1) is 0 Å². The number of rotatable bonds is 2. The third-order valence-electron chi connectivity index (χ3n) is 3.02. The molecule has 2 aromatic heterocycles. The summed E-state index contributed by atoms with van der Waals surface area (Å²) in [6.45, 7) is 0. The van der Waals surface area contributed by atoms with Crippen molar-refractivity contribution in [2.45, 2.75) is 0 Å². The van der Waals surface area contributed by atoms with Gasteiger partial charge in [0.15, 0.2) is 5.82 Å². The van der Waals surface area contributed by atoms with Crippen molar-refractivity contribution >= 4 is 28.3 Å². The first kappa shape index (κ1) is 11.5. The predicted molar refractivity (Wildman–Crippen MR) is 71.8 cm³/mol. The molecule has 1 aromatic carbocycles. The van der Waals surface area contributed by atoms with E-state index in [2.05, 4.69) is 10.4 Å². The minimum Gasteiger partial charge on any atom is -0.465 e. The number of nitrogen functional groups attached to an aromatic ring is 1. The number of fused-ring (bicyclic) bond motifs is 3. The molecule has 2 heterocycles. The highest BCUT2D eigenvalue weighted by atomic mass is 16.5. The lowest BCUT2D eigenvalue weighted by molar-refractivity contribution is 0.0601. The third-order valence-corrected chi connectivity index (χ3v) is 3.02. The fourth-order valence-electron chi connectivity index (χ4n) is 2.13. The fourth-order valence-corrected chi connectivity index (χ4v) is 2.13. The van der Waals surface area contributed by atoms with Crippen LogP contribution >= 0.6 is 0 Å². The smallest absolute Gasteiger partial charge is 0.337 e. The lowest BCUT2D eigenvalue weighted by Crippen LogP contribution is -2.10. The Balaban J connectivity index is 2.34. The molecule has 19 heavy (non-hydrogen) atoms. The standard InChI is InChI=1S/C13H12N4O2/c1-19-13(18)8-4-5-10-9(7-8)15-12(16-14)11-3-2-6-17(10)11/h2-7H,14H2,1H3,(H,15,16). The van der Waals surface area contributed by atoms with Crippen LogP contribution in [0.5, 0.6) is 0 Å². The monoisotopic (exact) mass is 256 g/mol. The summed E-state index contributed by atoms with van der Waals surface area (Å²) in [6.07, 6.45) is 1.91. The lowest BCUT2D eigenvalue weighted by Gasteiger charge is -2.08. The maximum Gasteiger partial charge on any atom is 0.337 e. The summed E-state index contributed by atoms with van der Waals surface area (Å²) in [5.41, 5.74) is 5.46. The Morgan fingerprint density at radius 3 is 2.95 bits per heavy atom. The van der Waals surface area contributed by atoms with Gasteiger partial charge < -0.3 is 14.6 Å². The molecule has 0 atom stereocenters. The van der Waals surface area contributed by atoms with Gasteiger partial charge in [-0.1, -0.05) is 0 Å². The van der Waals surface area contributed by atoms with E-state index in [4.69, 9.17) is 10.6 Å². The minimum absolute atomic E-state index is 0.390. The average Bonchev–Trinajstić information content (AvgIpc) is 2.94. The van der Waals surface area contributed by atoms with Crippen molar-refractivity contribution in [1.82, 2.24) is 9.38 Å². The van der Waals surface area contributed by atoms with Crippen LogP contribution in [-0.4, -0.2) is 22.5 Å². The largest absolute Gasteiger partial charge is 0.465 e. The zero-order valence-electron chi connectivity index (χ0n) is 10.3. The molecule has 0 fully saturated rings. The molecule has 0 bridgehead atoms. The molecule has 3 rings (SSSR count). The SMILES string of the molecule is COC(=O)c1ccc2c(c1)nc(NN)c1cccn12. The van der Waals surface area contributed by atoms with Crippen molar-refractivity contribution in [3.8, 4) is 0 Å². The van der Waals surface area contributed by atoms with Gasteiger partial charge in [0.25, 0.3) is 0 Å². The number of hydrazine groups is 1. The summed E-state index contributed by atoms with van der Waals surface area (Å²) in [5.74, 6) is 5.64. The highest BCUT2D eigenvalue weighted by molar-refractivity contribution is 5.94. The molecule has 6 nitrogen and oxygen atoms in total. The quantitative estimate of drug-likeness (QED) is 0.413. The van der Waals surface area contributed by atoms with Crippen LogP contribution in [-0.2, 0) is 4.74 Å². The van der Waals surface area contributed by atoms with Gasteiger partial charge in [-0.05, 0) is 30.3 Å². The second-order valence-electron chi connectivity index (χ2n) is 4.06. The molecule has 0 radical (unpaired) electrons. The van der Waals surface area contributed by atoms with Crippen molar-refractivity contribution in [2.75, 3.05) is 12.5 Å². The van der Waals surface area contributed by atoms with Crippen LogP contribution in [0.15, 0.2) is 36.5 Å². The molecule has 0 amide bonds. The van der Waals surface area contributed by atoms with Gasteiger partial charge in [0, 0.05) is 6.20 Å². The zero-order chi connectivity index (χ0) is 13.4. The first-order valence-corrected chi connectivity index (χ1v) is 5.70. The maximum atomic E-state index is 11.5. The van der Waals surface area contributed by atoms with Crippen LogP contribution in [0.1, 0.15) is 10.4 Å². The van der Waals surface area contributed by atoms with Crippen LogP contribution in [0.25, 0.3) is 16.6 Å². The second-order valence-corrected chi connectivity index (χ2v) is 4.06. The Morgan fingerprint density at radius 2 is 2.21 bits per heavy atom. The van der Waals surface area contributed by atoms with Crippen molar-refractivity contribution in [2.24, 2.45) is 5.84 Å². The van der Waals surface area contributed by atoms with Gasteiger partial charge >= 0.3 is 5.97 Å². The molecule has 0 spiro atoms. The number of carbonyl (C=O) groups is 1. The topological polar surface area (TPSA) is 81.6 Å². The molecular weight excluding hydrogens is 244 g/mol. The number of nitrogens with zero attached hydrogens (tertiary/aromatic N) is 2. The van der Waals surface area contributed by atoms with E-state index in [9.17, 15) is 4.79 Å². The third kappa shape index (κ3) is 1.69. The Kier molecular flexibility index (Phi) is 2.57. The highest BCUT2D eigenvalue weighted by Crippen LogP contribution is 2.22. The van der Waals surface area contributed by atoms with Crippen LogP contribution in [0.3, 0.4) is 0 Å². The van der Waals surface area contributed by atoms with Gasteiger partial charge in [-0.25, -0.2) is 15.6 Å². The molecule has 0 aliphatic heterocycles. The Labute approximate surface area is 108 Å². The van der Waals surface area contributed by atoms with Crippen molar-refractivity contribution < 1.29 is 9.53 Å². The average molecular weight is 256 g/mol. The Morgan fingerprint density at radius 1 is 1.37 bits per heavy atom. The molecule has 3 N–H and O–H groups in total. The summed E-state index contributed by atoms with van der Waals surface area (Å²) in [7, 11) is 1.35. The molecule has 3 aromatic rings. The number of benzene rings is 1. The summed E-state index contributed by atoms with van der Waals surface area (Å²) in [4.78, 5) is 15.9. The van der Waals surface area contributed by atoms with E-state index in [-0.39, 0.29) is 0 Å². The number of hydrogen-bond donors (Lipinski definition) is 2. The van der Waals surface area contributed by atoms with E-state index in [1.54, 1.807) is 12.1 Å². The fraction of sp³-hybridized carbons (Fsp3) is 0.0769. The molecule has 6 heteroatoms. The number of nitrogens with one attached hydrogen (secondary N) is 1. The highest BCUT2D eigenvalue weighted by Gasteiger charge is 2.10. The van der Waals surface area contributed by atoms with E-state index in [1.807, 2.05) is 28.8 Å². The number of anilines is 1. The molecule has 0 aliphatic rings. The van der Waals surface area contributed by atoms with E-state index in [0.717, 1.165) is 11.0 Å². The Hall–Kier alpha value is -2.60. The number of aromatic nitrogens is 2. The molecule has 0 aliphatic carbocycles. The summed E-state index contributed by atoms with van der Waals surface area (Å²) >= 11 is 0. The van der Waals surface area contributed by atoms with Crippen molar-refractivity contribution in [3.63, 3.8) is 0 Å². The van der Waals surface area contributed by atoms with Gasteiger partial charge in [-0.2, -0.15) is 0 Å². The van der Waals surface area contributed by atoms with Gasteiger partial charge in [0.1, 0.15) is 0 Å². The van der Waals surface area contributed by atoms with Crippen molar-refractivity contribution in [1.29, 1.82) is 0 Å². The summed E-state index contributed by atoms with van der Waals surface area (Å²) in [6, 6.07) is 9.05. The van der Waals surface area contributed by atoms with Crippen LogP contribution in [0.4, 0.5) is 5.82 Å². The summed E-state index contributed by atoms with van der Waals surface area (Å²) in [5, 5.41) is 0. The number of nitrogens with two attached hydrogens (primary N) is 1.